The smallest absolute Gasteiger partial charge is 0.305 e. The van der Waals surface area contributed by atoms with Crippen molar-refractivity contribution in [3.05, 3.63) is 91.0 Å². The van der Waals surface area contributed by atoms with Crippen LogP contribution in [0.3, 0.4) is 0 Å². The van der Waals surface area contributed by atoms with Crippen LogP contribution in [0.2, 0.25) is 0 Å². The summed E-state index contributed by atoms with van der Waals surface area (Å²) in [5.41, 5.74) is 0. The average Bonchev–Trinajstić information content (AvgIpc) is 2.75. The average molecular weight is 443 g/mol. The van der Waals surface area contributed by atoms with E-state index in [0.29, 0.717) is 6.42 Å². The lowest BCUT2D eigenvalue weighted by Gasteiger charge is -2.18. The fourth-order valence-corrected chi connectivity index (χ4v) is 5.08. The molecule has 0 saturated carbocycles. The summed E-state index contributed by atoms with van der Waals surface area (Å²) in [6, 6.07) is 32.3. The third-order valence-corrected chi connectivity index (χ3v) is 6.79. The molecule has 27 heavy (non-hydrogen) atoms. The molecule has 0 aliphatic heterocycles. The molecule has 0 spiro atoms. The number of methoxy groups -OCH3 is 1. The number of esters is 1. The van der Waals surface area contributed by atoms with E-state index in [0.717, 1.165) is 11.8 Å². The van der Waals surface area contributed by atoms with E-state index < -0.39 is 7.92 Å². The Morgan fingerprint density at radius 1 is 0.778 bits per heavy atom. The van der Waals surface area contributed by atoms with Gasteiger partial charge in [-0.05, 0) is 30.3 Å². The SMILES string of the molecule is COC(=O)CCCBr.c1ccc(P(c2ccccc2)c2ccccc2)cc1. The van der Waals surface area contributed by atoms with E-state index in [1.54, 1.807) is 0 Å². The Balaban J connectivity index is 0.000000279. The van der Waals surface area contributed by atoms with Crippen LogP contribution in [-0.2, 0) is 9.53 Å². The Morgan fingerprint density at radius 3 is 1.44 bits per heavy atom. The van der Waals surface area contributed by atoms with Gasteiger partial charge in [0.05, 0.1) is 7.11 Å². The molecule has 3 rings (SSSR count). The molecule has 0 aliphatic rings. The van der Waals surface area contributed by atoms with Gasteiger partial charge in [-0.3, -0.25) is 4.79 Å². The summed E-state index contributed by atoms with van der Waals surface area (Å²) in [4.78, 5) is 10.3. The normalized spacial score (nSPS) is 10.0. The molecule has 0 saturated heterocycles. The van der Waals surface area contributed by atoms with Crippen LogP contribution in [0.25, 0.3) is 0 Å². The van der Waals surface area contributed by atoms with Crippen molar-refractivity contribution < 1.29 is 9.53 Å². The van der Waals surface area contributed by atoms with E-state index in [-0.39, 0.29) is 5.97 Å². The summed E-state index contributed by atoms with van der Waals surface area (Å²) >= 11 is 3.20. The first-order valence-corrected chi connectivity index (χ1v) is 11.3. The molecule has 0 atom stereocenters. The molecule has 3 aromatic carbocycles. The van der Waals surface area contributed by atoms with E-state index in [4.69, 9.17) is 0 Å². The molecule has 3 aromatic rings. The van der Waals surface area contributed by atoms with E-state index in [1.165, 1.54) is 23.0 Å². The van der Waals surface area contributed by atoms with E-state index in [9.17, 15) is 4.79 Å². The van der Waals surface area contributed by atoms with Gasteiger partial charge in [-0.1, -0.05) is 107 Å². The van der Waals surface area contributed by atoms with Crippen molar-refractivity contribution in [3.8, 4) is 0 Å². The number of ether oxygens (including phenoxy) is 1. The number of hydrogen-bond donors (Lipinski definition) is 0. The minimum Gasteiger partial charge on any atom is -0.469 e. The van der Waals surface area contributed by atoms with Gasteiger partial charge in [0.2, 0.25) is 0 Å². The topological polar surface area (TPSA) is 26.3 Å². The lowest BCUT2D eigenvalue weighted by molar-refractivity contribution is -0.140. The monoisotopic (exact) mass is 442 g/mol. The van der Waals surface area contributed by atoms with Gasteiger partial charge in [-0.15, -0.1) is 0 Å². The number of benzene rings is 3. The van der Waals surface area contributed by atoms with Crippen LogP contribution in [0, 0.1) is 0 Å². The number of rotatable bonds is 6. The maximum atomic E-state index is 10.3. The van der Waals surface area contributed by atoms with Gasteiger partial charge in [-0.25, -0.2) is 0 Å². The van der Waals surface area contributed by atoms with Crippen molar-refractivity contribution >= 4 is 45.7 Å². The number of hydrogen-bond acceptors (Lipinski definition) is 2. The lowest BCUT2D eigenvalue weighted by Crippen LogP contribution is -2.20. The zero-order valence-corrected chi connectivity index (χ0v) is 17.9. The van der Waals surface area contributed by atoms with Crippen LogP contribution in [0.5, 0.6) is 0 Å². The Labute approximate surface area is 171 Å². The van der Waals surface area contributed by atoms with Crippen LogP contribution in [-0.4, -0.2) is 18.4 Å². The Kier molecular flexibility index (Phi) is 9.83. The number of halogens is 1. The summed E-state index contributed by atoms with van der Waals surface area (Å²) in [5, 5.41) is 5.06. The standard InChI is InChI=1S/C18H15P.C5H9BrO2/c1-4-10-16(11-5-1)19(17-12-6-2-7-13-17)18-14-8-3-9-15-18;1-8-5(7)3-2-4-6/h1-15H;2-4H2,1H3. The second-order valence-corrected chi connectivity index (χ2v) is 8.72. The zero-order chi connectivity index (χ0) is 19.3. The quantitative estimate of drug-likeness (QED) is 0.312. The van der Waals surface area contributed by atoms with Crippen molar-refractivity contribution in [2.45, 2.75) is 12.8 Å². The molecule has 0 aromatic heterocycles. The van der Waals surface area contributed by atoms with Crippen molar-refractivity contribution in [2.24, 2.45) is 0 Å². The Hall–Kier alpha value is -1.96. The highest BCUT2D eigenvalue weighted by Crippen LogP contribution is 2.32. The van der Waals surface area contributed by atoms with Gasteiger partial charge >= 0.3 is 5.97 Å². The van der Waals surface area contributed by atoms with Crippen LogP contribution < -0.4 is 15.9 Å². The molecule has 0 fully saturated rings. The van der Waals surface area contributed by atoms with Gasteiger partial charge in [0, 0.05) is 11.8 Å². The van der Waals surface area contributed by atoms with Crippen LogP contribution in [0.1, 0.15) is 12.8 Å². The highest BCUT2D eigenvalue weighted by atomic mass is 79.9. The first-order valence-electron chi connectivity index (χ1n) is 8.84. The number of carbonyl (C=O) groups is 1. The first-order chi connectivity index (χ1) is 13.3. The maximum Gasteiger partial charge on any atom is 0.305 e. The molecule has 0 aliphatic carbocycles. The van der Waals surface area contributed by atoms with Crippen LogP contribution >= 0.6 is 23.9 Å². The van der Waals surface area contributed by atoms with Crippen molar-refractivity contribution in [3.63, 3.8) is 0 Å². The van der Waals surface area contributed by atoms with Crippen molar-refractivity contribution in [1.82, 2.24) is 0 Å². The van der Waals surface area contributed by atoms with Gasteiger partial charge in [0.15, 0.2) is 0 Å². The molecule has 0 unspecified atom stereocenters. The van der Waals surface area contributed by atoms with Crippen molar-refractivity contribution in [1.29, 1.82) is 0 Å². The summed E-state index contributed by atoms with van der Waals surface area (Å²) in [7, 11) is 0.953. The minimum absolute atomic E-state index is 0.135. The minimum atomic E-state index is -0.446. The van der Waals surface area contributed by atoms with E-state index >= 15 is 0 Å². The highest BCUT2D eigenvalue weighted by molar-refractivity contribution is 9.09. The predicted octanol–water partition coefficient (Wildman–Crippen LogP) is 4.78. The largest absolute Gasteiger partial charge is 0.469 e. The molecule has 0 heterocycles. The lowest BCUT2D eigenvalue weighted by atomic mass is 10.3. The summed E-state index contributed by atoms with van der Waals surface area (Å²) in [6.45, 7) is 0. The molecule has 0 bridgehead atoms. The molecular weight excluding hydrogens is 419 g/mol. The molecule has 0 amide bonds. The molecule has 2 nitrogen and oxygen atoms in total. The maximum absolute atomic E-state index is 10.3. The third kappa shape index (κ3) is 7.28. The first kappa shape index (κ1) is 21.3. The van der Waals surface area contributed by atoms with Gasteiger partial charge in [0.25, 0.3) is 0 Å². The Morgan fingerprint density at radius 2 is 1.15 bits per heavy atom. The third-order valence-electron chi connectivity index (χ3n) is 3.79. The highest BCUT2D eigenvalue weighted by Gasteiger charge is 2.14. The number of alkyl halides is 1. The molecule has 140 valence electrons. The fourth-order valence-electron chi connectivity index (χ4n) is 2.49. The van der Waals surface area contributed by atoms with Gasteiger partial charge < -0.3 is 4.74 Å². The fraction of sp³-hybridized carbons (Fsp3) is 0.174. The summed E-state index contributed by atoms with van der Waals surface area (Å²) in [5.74, 6) is -0.135. The summed E-state index contributed by atoms with van der Waals surface area (Å²) < 4.78 is 4.39. The summed E-state index contributed by atoms with van der Waals surface area (Å²) in [6.07, 6.45) is 1.37. The predicted molar refractivity (Wildman–Crippen MR) is 120 cm³/mol. The molecule has 0 N–H and O–H groups in total. The zero-order valence-electron chi connectivity index (χ0n) is 15.4. The van der Waals surface area contributed by atoms with Gasteiger partial charge in [0.1, 0.15) is 0 Å². The Bertz CT molecular complexity index is 685. The molecular formula is C23H24BrO2P. The molecule has 0 radical (unpaired) electrons. The second kappa shape index (κ2) is 12.4. The van der Waals surface area contributed by atoms with Crippen molar-refractivity contribution in [2.75, 3.05) is 12.4 Å². The van der Waals surface area contributed by atoms with E-state index in [2.05, 4.69) is 112 Å². The number of carbonyl (C=O) groups excluding carboxylic acids is 1. The van der Waals surface area contributed by atoms with Gasteiger partial charge in [-0.2, -0.15) is 0 Å². The molecule has 4 heteroatoms. The van der Waals surface area contributed by atoms with E-state index in [1.807, 2.05) is 0 Å². The van der Waals surface area contributed by atoms with Crippen LogP contribution in [0.15, 0.2) is 91.0 Å². The van der Waals surface area contributed by atoms with Crippen LogP contribution in [0.4, 0.5) is 0 Å². The second-order valence-electron chi connectivity index (χ2n) is 5.71.